The van der Waals surface area contributed by atoms with Crippen molar-refractivity contribution < 1.29 is 4.74 Å². The SMILES string of the molecule is CC.CCc1ccc(OC)cc1.Cc1ccc(-c2ccc(N(c3cccc(-c4ccccc4)c3)c3cccc(-c4ccccc4)c3)cc2)cc1. The normalized spacial score (nSPS) is 10.2. The minimum atomic E-state index is 0.928. The standard InChI is InChI=1S/C37H29N.C9H12O.C2H6/c1-28-18-20-31(21-19-28)32-22-24-35(25-23-32)38(36-16-8-14-33(26-36)29-10-4-2-5-11-29)37-17-9-15-34(27-37)30-12-6-3-7-13-30;1-3-8-4-6-9(10-2)7-5-8;1-2/h2-27H,1H3;4-7H,3H2,1-2H3;1-2H3. The van der Waals surface area contributed by atoms with Crippen LogP contribution in [0.3, 0.4) is 0 Å². The highest BCUT2D eigenvalue weighted by Crippen LogP contribution is 2.39. The third-order valence-corrected chi connectivity index (χ3v) is 8.50. The lowest BCUT2D eigenvalue weighted by atomic mass is 10.0. The molecular formula is C48H47NO. The Labute approximate surface area is 299 Å². The number of methoxy groups -OCH3 is 1. The average molecular weight is 654 g/mol. The summed E-state index contributed by atoms with van der Waals surface area (Å²) in [6, 6.07) is 64.4. The number of benzene rings is 7. The first-order valence-electron chi connectivity index (χ1n) is 17.5. The van der Waals surface area contributed by atoms with Gasteiger partial charge in [0.1, 0.15) is 5.75 Å². The van der Waals surface area contributed by atoms with Crippen LogP contribution < -0.4 is 9.64 Å². The fraction of sp³-hybridized carbons (Fsp3) is 0.125. The Morgan fingerprint density at radius 3 is 1.28 bits per heavy atom. The molecule has 0 aliphatic heterocycles. The molecular weight excluding hydrogens is 607 g/mol. The van der Waals surface area contributed by atoms with Gasteiger partial charge in [0.05, 0.1) is 7.11 Å². The molecule has 0 aromatic heterocycles. The van der Waals surface area contributed by atoms with Gasteiger partial charge >= 0.3 is 0 Å². The van der Waals surface area contributed by atoms with Crippen molar-refractivity contribution in [3.8, 4) is 39.1 Å². The van der Waals surface area contributed by atoms with E-state index < -0.39 is 0 Å². The van der Waals surface area contributed by atoms with Gasteiger partial charge in [0.15, 0.2) is 0 Å². The van der Waals surface area contributed by atoms with Crippen molar-refractivity contribution in [3.63, 3.8) is 0 Å². The summed E-state index contributed by atoms with van der Waals surface area (Å²) in [5.74, 6) is 0.928. The number of aryl methyl sites for hydroxylation is 2. The molecule has 50 heavy (non-hydrogen) atoms. The molecule has 0 aliphatic carbocycles. The minimum Gasteiger partial charge on any atom is -0.497 e. The van der Waals surface area contributed by atoms with Crippen LogP contribution in [0.1, 0.15) is 31.9 Å². The summed E-state index contributed by atoms with van der Waals surface area (Å²) in [4.78, 5) is 2.35. The van der Waals surface area contributed by atoms with E-state index in [9.17, 15) is 0 Å². The molecule has 0 aliphatic rings. The van der Waals surface area contributed by atoms with Crippen molar-refractivity contribution in [1.82, 2.24) is 0 Å². The Bertz CT molecular complexity index is 1910. The molecule has 2 nitrogen and oxygen atoms in total. The van der Waals surface area contributed by atoms with Crippen molar-refractivity contribution in [2.45, 2.75) is 34.1 Å². The third kappa shape index (κ3) is 9.18. The second-order valence-electron chi connectivity index (χ2n) is 11.8. The molecule has 0 bridgehead atoms. The highest BCUT2D eigenvalue weighted by molar-refractivity contribution is 5.83. The Balaban J connectivity index is 0.000000347. The Morgan fingerprint density at radius 2 is 0.840 bits per heavy atom. The van der Waals surface area contributed by atoms with E-state index >= 15 is 0 Å². The maximum atomic E-state index is 5.01. The van der Waals surface area contributed by atoms with Crippen molar-refractivity contribution in [2.24, 2.45) is 0 Å². The highest BCUT2D eigenvalue weighted by Gasteiger charge is 2.15. The first kappa shape index (κ1) is 35.4. The van der Waals surface area contributed by atoms with Gasteiger partial charge in [-0.25, -0.2) is 0 Å². The summed E-state index contributed by atoms with van der Waals surface area (Å²) in [7, 11) is 1.68. The zero-order chi connectivity index (χ0) is 35.1. The molecule has 0 amide bonds. The predicted molar refractivity (Wildman–Crippen MR) is 216 cm³/mol. The molecule has 0 heterocycles. The molecule has 7 aromatic rings. The van der Waals surface area contributed by atoms with E-state index in [-0.39, 0.29) is 0 Å². The molecule has 0 fully saturated rings. The van der Waals surface area contributed by atoms with Gasteiger partial charge in [0, 0.05) is 17.1 Å². The topological polar surface area (TPSA) is 12.5 Å². The van der Waals surface area contributed by atoms with Gasteiger partial charge in [-0.1, -0.05) is 160 Å². The van der Waals surface area contributed by atoms with Gasteiger partial charge in [-0.15, -0.1) is 0 Å². The van der Waals surface area contributed by atoms with E-state index in [1.807, 2.05) is 26.0 Å². The first-order chi connectivity index (χ1) is 24.6. The van der Waals surface area contributed by atoms with Crippen LogP contribution in [0.5, 0.6) is 5.75 Å². The summed E-state index contributed by atoms with van der Waals surface area (Å²) in [5.41, 5.74) is 13.2. The van der Waals surface area contributed by atoms with Crippen LogP contribution in [0.4, 0.5) is 17.1 Å². The molecule has 7 rings (SSSR count). The smallest absolute Gasteiger partial charge is 0.118 e. The van der Waals surface area contributed by atoms with Gasteiger partial charge in [-0.3, -0.25) is 0 Å². The van der Waals surface area contributed by atoms with E-state index in [0.717, 1.165) is 29.2 Å². The van der Waals surface area contributed by atoms with Crippen LogP contribution in [-0.4, -0.2) is 7.11 Å². The van der Waals surface area contributed by atoms with Gasteiger partial charge in [-0.2, -0.15) is 0 Å². The van der Waals surface area contributed by atoms with Crippen LogP contribution in [0, 0.1) is 6.92 Å². The van der Waals surface area contributed by atoms with Gasteiger partial charge in [-0.05, 0) is 101 Å². The van der Waals surface area contributed by atoms with E-state index in [2.05, 4.69) is 189 Å². The Kier molecular flexibility index (Phi) is 12.8. The highest BCUT2D eigenvalue weighted by atomic mass is 16.5. The molecule has 0 radical (unpaired) electrons. The van der Waals surface area contributed by atoms with Gasteiger partial charge in [0.25, 0.3) is 0 Å². The summed E-state index contributed by atoms with van der Waals surface area (Å²) in [5, 5.41) is 0. The number of ether oxygens (including phenoxy) is 1. The number of hydrogen-bond acceptors (Lipinski definition) is 2. The summed E-state index contributed by atoms with van der Waals surface area (Å²) in [6.07, 6.45) is 1.09. The quantitative estimate of drug-likeness (QED) is 0.162. The van der Waals surface area contributed by atoms with Crippen LogP contribution in [0.2, 0.25) is 0 Å². The second-order valence-corrected chi connectivity index (χ2v) is 11.8. The molecule has 0 N–H and O–H groups in total. The maximum Gasteiger partial charge on any atom is 0.118 e. The zero-order valence-electron chi connectivity index (χ0n) is 29.9. The van der Waals surface area contributed by atoms with Gasteiger partial charge in [0.2, 0.25) is 0 Å². The number of nitrogens with zero attached hydrogens (tertiary/aromatic N) is 1. The van der Waals surface area contributed by atoms with Crippen molar-refractivity contribution in [2.75, 3.05) is 12.0 Å². The van der Waals surface area contributed by atoms with E-state index in [0.29, 0.717) is 0 Å². The lowest BCUT2D eigenvalue weighted by Gasteiger charge is -2.27. The molecule has 0 atom stereocenters. The molecule has 0 saturated heterocycles. The Hall–Kier alpha value is -5.86. The second kappa shape index (κ2) is 18.1. The fourth-order valence-electron chi connectivity index (χ4n) is 5.77. The van der Waals surface area contributed by atoms with E-state index in [1.54, 1.807) is 7.11 Å². The average Bonchev–Trinajstić information content (AvgIpc) is 3.20. The van der Waals surface area contributed by atoms with Crippen molar-refractivity contribution in [3.05, 3.63) is 193 Å². The molecule has 0 unspecified atom stereocenters. The first-order valence-corrected chi connectivity index (χ1v) is 17.5. The number of anilines is 3. The summed E-state index contributed by atoms with van der Waals surface area (Å²) in [6.45, 7) is 8.26. The van der Waals surface area contributed by atoms with Crippen LogP contribution in [0.25, 0.3) is 33.4 Å². The molecule has 250 valence electrons. The van der Waals surface area contributed by atoms with Crippen molar-refractivity contribution in [1.29, 1.82) is 0 Å². The van der Waals surface area contributed by atoms with E-state index in [1.165, 1.54) is 44.5 Å². The molecule has 7 aromatic carbocycles. The third-order valence-electron chi connectivity index (χ3n) is 8.50. The lowest BCUT2D eigenvalue weighted by molar-refractivity contribution is 0.414. The predicted octanol–water partition coefficient (Wildman–Crippen LogP) is 13.7. The summed E-state index contributed by atoms with van der Waals surface area (Å²) < 4.78 is 5.01. The largest absolute Gasteiger partial charge is 0.497 e. The van der Waals surface area contributed by atoms with Crippen LogP contribution in [0.15, 0.2) is 182 Å². The molecule has 2 heteroatoms. The van der Waals surface area contributed by atoms with Gasteiger partial charge < -0.3 is 9.64 Å². The number of rotatable bonds is 8. The minimum absolute atomic E-state index is 0.928. The Morgan fingerprint density at radius 1 is 0.420 bits per heavy atom. The molecule has 0 saturated carbocycles. The lowest BCUT2D eigenvalue weighted by Crippen LogP contribution is -2.10. The fourth-order valence-corrected chi connectivity index (χ4v) is 5.77. The summed E-state index contributed by atoms with van der Waals surface area (Å²) >= 11 is 0. The van der Waals surface area contributed by atoms with Crippen LogP contribution in [-0.2, 0) is 6.42 Å². The van der Waals surface area contributed by atoms with E-state index in [4.69, 9.17) is 4.74 Å². The number of hydrogen-bond donors (Lipinski definition) is 0. The van der Waals surface area contributed by atoms with Crippen molar-refractivity contribution >= 4 is 17.1 Å². The monoisotopic (exact) mass is 653 g/mol. The molecule has 0 spiro atoms. The zero-order valence-corrected chi connectivity index (χ0v) is 29.9. The maximum absolute atomic E-state index is 5.01. The van der Waals surface area contributed by atoms with Crippen LogP contribution >= 0.6 is 0 Å².